The largest absolute Gasteiger partial charge is 0.396 e. The van der Waals surface area contributed by atoms with Crippen molar-refractivity contribution in [1.29, 1.82) is 0 Å². The second-order valence-corrected chi connectivity index (χ2v) is 5.79. The van der Waals surface area contributed by atoms with Crippen LogP contribution in [0, 0.1) is 0 Å². The lowest BCUT2D eigenvalue weighted by atomic mass is 10.2. The lowest BCUT2D eigenvalue weighted by molar-refractivity contribution is -0.126. The normalized spacial score (nSPS) is 21.6. The highest BCUT2D eigenvalue weighted by molar-refractivity contribution is 7.89. The Labute approximate surface area is 105 Å². The first-order chi connectivity index (χ1) is 8.44. The van der Waals surface area contributed by atoms with Crippen LogP contribution >= 0.6 is 0 Å². The summed E-state index contributed by atoms with van der Waals surface area (Å²) >= 11 is 0. The fourth-order valence-corrected chi connectivity index (χ4v) is 3.45. The van der Waals surface area contributed by atoms with E-state index in [0.29, 0.717) is 0 Å². The Morgan fingerprint density at radius 3 is 2.94 bits per heavy atom. The van der Waals surface area contributed by atoms with Crippen LogP contribution in [-0.2, 0) is 14.8 Å². The summed E-state index contributed by atoms with van der Waals surface area (Å²) < 4.78 is 25.9. The van der Waals surface area contributed by atoms with E-state index in [4.69, 9.17) is 5.73 Å². The number of carbonyl (C=O) groups excluding carboxylic acids is 1. The van der Waals surface area contributed by atoms with Crippen molar-refractivity contribution in [1.82, 2.24) is 14.6 Å². The van der Waals surface area contributed by atoms with Gasteiger partial charge in [-0.3, -0.25) is 4.79 Å². The number of nitrogens with one attached hydrogen (secondary N) is 1. The maximum absolute atomic E-state index is 12.4. The number of nitrogens with zero attached hydrogens (tertiary/aromatic N) is 2. The summed E-state index contributed by atoms with van der Waals surface area (Å²) in [5, 5.41) is 2.40. The molecule has 1 aliphatic rings. The summed E-state index contributed by atoms with van der Waals surface area (Å²) in [7, 11) is -3.84. The number of anilines is 1. The molecule has 3 N–H and O–H groups in total. The number of nitrogens with two attached hydrogens (primary N) is 1. The standard InChI is InChI=1S/C10H14N4O3S/c1-7-9(15)12-5-6-14(7)18(16,17)10-8(11)3-2-4-13-10/h2-4,7H,5-6,11H2,1H3,(H,12,15). The van der Waals surface area contributed by atoms with E-state index in [9.17, 15) is 13.2 Å². The zero-order valence-corrected chi connectivity index (χ0v) is 10.6. The number of hydrogen-bond donors (Lipinski definition) is 2. The zero-order chi connectivity index (χ0) is 13.3. The first-order valence-electron chi connectivity index (χ1n) is 5.44. The molecule has 1 unspecified atom stereocenters. The van der Waals surface area contributed by atoms with E-state index >= 15 is 0 Å². The monoisotopic (exact) mass is 270 g/mol. The third-order valence-electron chi connectivity index (χ3n) is 2.80. The number of carbonyl (C=O) groups is 1. The van der Waals surface area contributed by atoms with Crippen LogP contribution in [-0.4, -0.2) is 42.7 Å². The molecule has 0 spiro atoms. The molecule has 7 nitrogen and oxygen atoms in total. The predicted molar refractivity (Wildman–Crippen MR) is 65.0 cm³/mol. The SMILES string of the molecule is CC1C(=O)NCCN1S(=O)(=O)c1ncccc1N. The molecule has 8 heteroatoms. The Kier molecular flexibility index (Phi) is 3.22. The molecule has 18 heavy (non-hydrogen) atoms. The highest BCUT2D eigenvalue weighted by Gasteiger charge is 2.37. The lowest BCUT2D eigenvalue weighted by Gasteiger charge is -2.31. The second-order valence-electron chi connectivity index (χ2n) is 3.98. The smallest absolute Gasteiger partial charge is 0.263 e. The van der Waals surface area contributed by atoms with Crippen LogP contribution in [0.1, 0.15) is 6.92 Å². The molecule has 0 aromatic carbocycles. The van der Waals surface area contributed by atoms with Gasteiger partial charge in [-0.15, -0.1) is 0 Å². The van der Waals surface area contributed by atoms with E-state index in [-0.39, 0.29) is 29.7 Å². The first-order valence-corrected chi connectivity index (χ1v) is 6.88. The molecule has 1 aromatic heterocycles. The van der Waals surface area contributed by atoms with E-state index in [1.807, 2.05) is 0 Å². The van der Waals surface area contributed by atoms with Crippen LogP contribution < -0.4 is 11.1 Å². The van der Waals surface area contributed by atoms with Gasteiger partial charge in [-0.25, -0.2) is 13.4 Å². The number of aromatic nitrogens is 1. The molecule has 0 saturated carbocycles. The van der Waals surface area contributed by atoms with Gasteiger partial charge in [-0.2, -0.15) is 4.31 Å². The minimum Gasteiger partial charge on any atom is -0.396 e. The maximum Gasteiger partial charge on any atom is 0.263 e. The molecule has 98 valence electrons. The van der Waals surface area contributed by atoms with Gasteiger partial charge in [-0.1, -0.05) is 0 Å². The van der Waals surface area contributed by atoms with Crippen molar-refractivity contribution in [2.24, 2.45) is 0 Å². The summed E-state index contributed by atoms with van der Waals surface area (Å²) in [5.41, 5.74) is 5.70. The lowest BCUT2D eigenvalue weighted by Crippen LogP contribution is -2.55. The number of piperazine rings is 1. The van der Waals surface area contributed by atoms with Crippen LogP contribution in [0.2, 0.25) is 0 Å². The summed E-state index contributed by atoms with van der Waals surface area (Å²) in [6.45, 7) is 2.03. The zero-order valence-electron chi connectivity index (χ0n) is 9.83. The molecule has 0 aliphatic carbocycles. The molecular weight excluding hydrogens is 256 g/mol. The second kappa shape index (κ2) is 4.54. The summed E-state index contributed by atoms with van der Waals surface area (Å²) in [6, 6.07) is 2.26. The Morgan fingerprint density at radius 1 is 1.56 bits per heavy atom. The van der Waals surface area contributed by atoms with Crippen molar-refractivity contribution in [2.75, 3.05) is 18.8 Å². The molecule has 0 radical (unpaired) electrons. The fourth-order valence-electron chi connectivity index (χ4n) is 1.82. The highest BCUT2D eigenvalue weighted by Crippen LogP contribution is 2.22. The summed E-state index contributed by atoms with van der Waals surface area (Å²) in [6.07, 6.45) is 1.36. The minimum atomic E-state index is -3.84. The van der Waals surface area contributed by atoms with E-state index < -0.39 is 16.1 Å². The molecule has 1 atom stereocenters. The quantitative estimate of drug-likeness (QED) is 0.730. The molecule has 0 bridgehead atoms. The predicted octanol–water partition coefficient (Wildman–Crippen LogP) is -0.827. The van der Waals surface area contributed by atoms with Crippen molar-refractivity contribution in [3.05, 3.63) is 18.3 Å². The summed E-state index contributed by atoms with van der Waals surface area (Å²) in [5.74, 6) is -0.320. The van der Waals surface area contributed by atoms with Crippen LogP contribution in [0.15, 0.2) is 23.4 Å². The number of pyridine rings is 1. The van der Waals surface area contributed by atoms with Crippen LogP contribution in [0.25, 0.3) is 0 Å². The highest BCUT2D eigenvalue weighted by atomic mass is 32.2. The van der Waals surface area contributed by atoms with Crippen LogP contribution in [0.5, 0.6) is 0 Å². The average Bonchev–Trinajstić information content (AvgIpc) is 2.32. The van der Waals surface area contributed by atoms with Crippen LogP contribution in [0.4, 0.5) is 5.69 Å². The van der Waals surface area contributed by atoms with Gasteiger partial charge in [0.1, 0.15) is 6.04 Å². The van der Waals surface area contributed by atoms with E-state index in [2.05, 4.69) is 10.3 Å². The van der Waals surface area contributed by atoms with Gasteiger partial charge in [0, 0.05) is 19.3 Å². The van der Waals surface area contributed by atoms with Crippen molar-refractivity contribution in [3.8, 4) is 0 Å². The van der Waals surface area contributed by atoms with Crippen LogP contribution in [0.3, 0.4) is 0 Å². The average molecular weight is 270 g/mol. The third kappa shape index (κ3) is 2.04. The molecule has 1 amide bonds. The molecule has 1 aliphatic heterocycles. The Balaban J connectivity index is 2.43. The van der Waals surface area contributed by atoms with Crippen molar-refractivity contribution in [2.45, 2.75) is 18.0 Å². The Bertz CT molecular complexity index is 572. The van der Waals surface area contributed by atoms with Crippen molar-refractivity contribution >= 4 is 21.6 Å². The number of sulfonamides is 1. The number of hydrogen-bond acceptors (Lipinski definition) is 5. The fraction of sp³-hybridized carbons (Fsp3) is 0.400. The topological polar surface area (TPSA) is 105 Å². The van der Waals surface area contributed by atoms with E-state index in [0.717, 1.165) is 4.31 Å². The maximum atomic E-state index is 12.4. The van der Waals surface area contributed by atoms with Crippen molar-refractivity contribution < 1.29 is 13.2 Å². The van der Waals surface area contributed by atoms with Gasteiger partial charge in [0.15, 0.2) is 5.03 Å². The van der Waals surface area contributed by atoms with Gasteiger partial charge in [-0.05, 0) is 19.1 Å². The molecule has 2 heterocycles. The Morgan fingerprint density at radius 2 is 2.28 bits per heavy atom. The number of rotatable bonds is 2. The molecule has 1 saturated heterocycles. The third-order valence-corrected chi connectivity index (χ3v) is 4.74. The van der Waals surface area contributed by atoms with Crippen molar-refractivity contribution in [3.63, 3.8) is 0 Å². The summed E-state index contributed by atoms with van der Waals surface area (Å²) in [4.78, 5) is 15.3. The van der Waals surface area contributed by atoms with E-state index in [1.54, 1.807) is 6.07 Å². The molecule has 1 aromatic rings. The first kappa shape index (κ1) is 12.8. The minimum absolute atomic E-state index is 0.0793. The molecular formula is C10H14N4O3S. The van der Waals surface area contributed by atoms with Gasteiger partial charge in [0.05, 0.1) is 5.69 Å². The van der Waals surface area contributed by atoms with Gasteiger partial charge >= 0.3 is 0 Å². The number of nitrogen functional groups attached to an aromatic ring is 1. The van der Waals surface area contributed by atoms with Gasteiger partial charge in [0.2, 0.25) is 5.91 Å². The molecule has 2 rings (SSSR count). The van der Waals surface area contributed by atoms with Gasteiger partial charge in [0.25, 0.3) is 10.0 Å². The molecule has 1 fully saturated rings. The Hall–Kier alpha value is -1.67. The van der Waals surface area contributed by atoms with E-state index in [1.165, 1.54) is 19.2 Å². The number of amides is 1. The van der Waals surface area contributed by atoms with Gasteiger partial charge < -0.3 is 11.1 Å².